The van der Waals surface area contributed by atoms with Gasteiger partial charge >= 0.3 is 0 Å². The molecule has 2 fully saturated rings. The van der Waals surface area contributed by atoms with E-state index >= 15 is 0 Å². The molecule has 6 heteroatoms. The zero-order valence-corrected chi connectivity index (χ0v) is 12.5. The van der Waals surface area contributed by atoms with Crippen molar-refractivity contribution >= 4 is 5.91 Å². The number of rotatable bonds is 3. The van der Waals surface area contributed by atoms with E-state index in [2.05, 4.69) is 10.2 Å². The fraction of sp³-hybridized carbons (Fsp3) is 0.562. The smallest absolute Gasteiger partial charge is 0.224 e. The third kappa shape index (κ3) is 3.44. The van der Waals surface area contributed by atoms with Crippen LogP contribution in [-0.2, 0) is 16.0 Å². The molecule has 0 spiro atoms. The highest BCUT2D eigenvalue weighted by atomic mass is 19.1. The highest BCUT2D eigenvalue weighted by Gasteiger charge is 2.36. The Labute approximate surface area is 128 Å². The summed E-state index contributed by atoms with van der Waals surface area (Å²) in [6.07, 6.45) is 0.911. The first-order chi connectivity index (χ1) is 10.5. The number of nitrogens with zero attached hydrogens (tertiary/aromatic N) is 1. The molecule has 0 radical (unpaired) electrons. The molecule has 0 saturated carbocycles. The number of benzene rings is 1. The number of ether oxygens (including phenoxy) is 1. The lowest BCUT2D eigenvalue weighted by Crippen LogP contribution is -2.45. The third-order valence-corrected chi connectivity index (χ3v) is 4.32. The minimum Gasteiger partial charge on any atom is -0.376 e. The summed E-state index contributed by atoms with van der Waals surface area (Å²) in [7, 11) is 0. The molecule has 2 saturated heterocycles. The molecule has 22 heavy (non-hydrogen) atoms. The number of carbonyl (C=O) groups is 1. The first-order valence-corrected chi connectivity index (χ1v) is 7.60. The molecule has 4 nitrogen and oxygen atoms in total. The Morgan fingerprint density at radius 3 is 3.05 bits per heavy atom. The molecule has 1 N–H and O–H groups in total. The van der Waals surface area contributed by atoms with Crippen molar-refractivity contribution in [3.63, 3.8) is 0 Å². The molecule has 1 aromatic rings. The van der Waals surface area contributed by atoms with E-state index in [1.807, 2.05) is 6.92 Å². The average molecular weight is 310 g/mol. The highest BCUT2D eigenvalue weighted by Crippen LogP contribution is 2.23. The van der Waals surface area contributed by atoms with Crippen molar-refractivity contribution in [1.82, 2.24) is 10.2 Å². The molecule has 1 amide bonds. The Hall–Kier alpha value is -1.53. The van der Waals surface area contributed by atoms with Crippen LogP contribution in [0.4, 0.5) is 8.78 Å². The summed E-state index contributed by atoms with van der Waals surface area (Å²) in [5, 5.41) is 2.92. The number of morpholine rings is 1. The molecule has 2 heterocycles. The standard InChI is InChI=1S/C16H20F2N2O2/c1-10-7-20-8-13(6-14(20)9-22-10)19-16(21)5-11-4-12(17)2-3-15(11)18/h2-4,10,13-14H,5-9H2,1H3,(H,19,21)/t10-,13-,14+/m1/s1. The molecule has 3 rings (SSSR count). The van der Waals surface area contributed by atoms with Crippen molar-refractivity contribution in [1.29, 1.82) is 0 Å². The van der Waals surface area contributed by atoms with Gasteiger partial charge in [-0.2, -0.15) is 0 Å². The van der Waals surface area contributed by atoms with Gasteiger partial charge in [0.2, 0.25) is 5.91 Å². The van der Waals surface area contributed by atoms with Crippen LogP contribution >= 0.6 is 0 Å². The van der Waals surface area contributed by atoms with Gasteiger partial charge < -0.3 is 10.1 Å². The van der Waals surface area contributed by atoms with E-state index in [0.717, 1.165) is 37.7 Å². The summed E-state index contributed by atoms with van der Waals surface area (Å²) in [5.74, 6) is -1.36. The van der Waals surface area contributed by atoms with Gasteiger partial charge in [-0.3, -0.25) is 9.69 Å². The summed E-state index contributed by atoms with van der Waals surface area (Å²) < 4.78 is 32.3. The second-order valence-corrected chi connectivity index (χ2v) is 6.16. The van der Waals surface area contributed by atoms with E-state index in [1.54, 1.807) is 0 Å². The van der Waals surface area contributed by atoms with Gasteiger partial charge in [0.15, 0.2) is 0 Å². The minimum absolute atomic E-state index is 0.0445. The van der Waals surface area contributed by atoms with Gasteiger partial charge in [0.1, 0.15) is 11.6 Å². The van der Waals surface area contributed by atoms with E-state index in [9.17, 15) is 13.6 Å². The van der Waals surface area contributed by atoms with Crippen molar-refractivity contribution < 1.29 is 18.3 Å². The maximum Gasteiger partial charge on any atom is 0.224 e. The van der Waals surface area contributed by atoms with Gasteiger partial charge in [-0.15, -0.1) is 0 Å². The Balaban J connectivity index is 1.55. The zero-order chi connectivity index (χ0) is 15.7. The average Bonchev–Trinajstić information content (AvgIpc) is 2.84. The van der Waals surface area contributed by atoms with E-state index < -0.39 is 11.6 Å². The molecule has 0 aliphatic carbocycles. The van der Waals surface area contributed by atoms with Crippen LogP contribution in [-0.4, -0.2) is 48.7 Å². The highest BCUT2D eigenvalue weighted by molar-refractivity contribution is 5.79. The van der Waals surface area contributed by atoms with Crippen molar-refractivity contribution in [3.8, 4) is 0 Å². The largest absolute Gasteiger partial charge is 0.376 e. The SMILES string of the molecule is C[C@@H]1CN2C[C@H](NC(=O)Cc3cc(F)ccc3F)C[C@H]2CO1. The first kappa shape index (κ1) is 15.4. The molecule has 2 aliphatic rings. The molecule has 1 aromatic carbocycles. The van der Waals surface area contributed by atoms with Gasteiger partial charge in [0, 0.05) is 30.7 Å². The van der Waals surface area contributed by atoms with Crippen LogP contribution in [0, 0.1) is 11.6 Å². The van der Waals surface area contributed by atoms with Crippen LogP contribution < -0.4 is 5.32 Å². The second kappa shape index (κ2) is 6.30. The third-order valence-electron chi connectivity index (χ3n) is 4.32. The predicted molar refractivity (Wildman–Crippen MR) is 77.4 cm³/mol. The quantitative estimate of drug-likeness (QED) is 0.919. The van der Waals surface area contributed by atoms with Crippen LogP contribution in [0.15, 0.2) is 18.2 Å². The molecular formula is C16H20F2N2O2. The number of hydrogen-bond donors (Lipinski definition) is 1. The van der Waals surface area contributed by atoms with E-state index in [-0.39, 0.29) is 30.0 Å². The van der Waals surface area contributed by atoms with E-state index in [0.29, 0.717) is 12.6 Å². The summed E-state index contributed by atoms with van der Waals surface area (Å²) in [6, 6.07) is 3.55. The number of hydrogen-bond acceptors (Lipinski definition) is 3. The van der Waals surface area contributed by atoms with Crippen molar-refractivity contribution in [3.05, 3.63) is 35.4 Å². The van der Waals surface area contributed by atoms with Gasteiger partial charge in [0.05, 0.1) is 19.1 Å². The number of fused-ring (bicyclic) bond motifs is 1. The number of carbonyl (C=O) groups excluding carboxylic acids is 1. The molecule has 0 bridgehead atoms. The maximum absolute atomic E-state index is 13.6. The monoisotopic (exact) mass is 310 g/mol. The Bertz CT molecular complexity index is 567. The molecule has 0 unspecified atom stereocenters. The van der Waals surface area contributed by atoms with Crippen molar-refractivity contribution in [2.24, 2.45) is 0 Å². The summed E-state index contributed by atoms with van der Waals surface area (Å²) in [6.45, 7) is 4.38. The Morgan fingerprint density at radius 1 is 1.41 bits per heavy atom. The van der Waals surface area contributed by atoms with Crippen molar-refractivity contribution in [2.75, 3.05) is 19.7 Å². The zero-order valence-electron chi connectivity index (χ0n) is 12.5. The topological polar surface area (TPSA) is 41.6 Å². The molecule has 3 atom stereocenters. The van der Waals surface area contributed by atoms with Crippen LogP contribution in [0.2, 0.25) is 0 Å². The van der Waals surface area contributed by atoms with Gasteiger partial charge in [-0.25, -0.2) is 8.78 Å². The normalized spacial score (nSPS) is 28.4. The summed E-state index contributed by atoms with van der Waals surface area (Å²) >= 11 is 0. The number of halogens is 2. The number of nitrogens with one attached hydrogen (secondary N) is 1. The Kier molecular flexibility index (Phi) is 4.40. The molecule has 0 aromatic heterocycles. The van der Waals surface area contributed by atoms with E-state index in [1.165, 1.54) is 0 Å². The first-order valence-electron chi connectivity index (χ1n) is 7.60. The van der Waals surface area contributed by atoms with Gasteiger partial charge in [-0.05, 0) is 31.5 Å². The fourth-order valence-corrected chi connectivity index (χ4v) is 3.27. The number of amides is 1. The minimum atomic E-state index is -0.553. The molecule has 2 aliphatic heterocycles. The maximum atomic E-state index is 13.6. The van der Waals surface area contributed by atoms with E-state index in [4.69, 9.17) is 4.74 Å². The lowest BCUT2D eigenvalue weighted by atomic mass is 10.1. The second-order valence-electron chi connectivity index (χ2n) is 6.16. The molecule has 120 valence electrons. The summed E-state index contributed by atoms with van der Waals surface area (Å²) in [4.78, 5) is 14.4. The van der Waals surface area contributed by atoms with Gasteiger partial charge in [-0.1, -0.05) is 0 Å². The lowest BCUT2D eigenvalue weighted by Gasteiger charge is -2.33. The van der Waals surface area contributed by atoms with Crippen molar-refractivity contribution in [2.45, 2.75) is 38.0 Å². The van der Waals surface area contributed by atoms with Crippen LogP contribution in [0.1, 0.15) is 18.9 Å². The van der Waals surface area contributed by atoms with Crippen LogP contribution in [0.25, 0.3) is 0 Å². The Morgan fingerprint density at radius 2 is 2.23 bits per heavy atom. The predicted octanol–water partition coefficient (Wildman–Crippen LogP) is 1.49. The van der Waals surface area contributed by atoms with Crippen LogP contribution in [0.5, 0.6) is 0 Å². The van der Waals surface area contributed by atoms with Crippen LogP contribution in [0.3, 0.4) is 0 Å². The summed E-state index contributed by atoms with van der Waals surface area (Å²) in [5.41, 5.74) is 0.0881. The van der Waals surface area contributed by atoms with Gasteiger partial charge in [0.25, 0.3) is 0 Å². The molecular weight excluding hydrogens is 290 g/mol. The lowest BCUT2D eigenvalue weighted by molar-refractivity contribution is -0.121. The fourth-order valence-electron chi connectivity index (χ4n) is 3.27.